The highest BCUT2D eigenvalue weighted by Gasteiger charge is 2.22. The number of aliphatic hydroxyl groups excluding tert-OH is 1. The number of nitrogens with zero attached hydrogens (tertiary/aromatic N) is 1. The van der Waals surface area contributed by atoms with Gasteiger partial charge in [0.2, 0.25) is 0 Å². The van der Waals surface area contributed by atoms with E-state index in [0.29, 0.717) is 13.2 Å². The van der Waals surface area contributed by atoms with Crippen LogP contribution in [-0.2, 0) is 4.74 Å². The van der Waals surface area contributed by atoms with Crippen molar-refractivity contribution in [3.8, 4) is 5.75 Å². The van der Waals surface area contributed by atoms with Crippen molar-refractivity contribution < 1.29 is 14.6 Å². The Bertz CT molecular complexity index is 408. The molecule has 4 nitrogen and oxygen atoms in total. The molecule has 1 aliphatic rings. The number of ether oxygens (including phenoxy) is 2. The molecule has 112 valence electrons. The van der Waals surface area contributed by atoms with E-state index in [9.17, 15) is 5.11 Å². The Hall–Kier alpha value is -0.620. The first-order valence-corrected chi connectivity index (χ1v) is 7.78. The Morgan fingerprint density at radius 2 is 2.15 bits per heavy atom. The Labute approximate surface area is 128 Å². The summed E-state index contributed by atoms with van der Waals surface area (Å²) in [6, 6.07) is 7.95. The number of β-amino-alcohol motifs (C(OH)–C–C–N with tert-alkyl or cyclic N) is 1. The van der Waals surface area contributed by atoms with E-state index >= 15 is 0 Å². The number of likely N-dealkylation sites (tertiary alicyclic amines) is 1. The lowest BCUT2D eigenvalue weighted by Gasteiger charge is -2.33. The lowest BCUT2D eigenvalue weighted by Crippen LogP contribution is -2.42. The topological polar surface area (TPSA) is 41.9 Å². The van der Waals surface area contributed by atoms with Gasteiger partial charge in [0.05, 0.1) is 12.7 Å². The van der Waals surface area contributed by atoms with Crippen LogP contribution in [0.15, 0.2) is 28.7 Å². The summed E-state index contributed by atoms with van der Waals surface area (Å²) in [6.07, 6.45) is 1.85. The van der Waals surface area contributed by atoms with Crippen LogP contribution in [0.2, 0.25) is 0 Å². The average molecular weight is 344 g/mol. The molecule has 0 unspecified atom stereocenters. The van der Waals surface area contributed by atoms with Crippen LogP contribution in [0.4, 0.5) is 0 Å². The third-order valence-electron chi connectivity index (χ3n) is 3.46. The van der Waals surface area contributed by atoms with E-state index in [4.69, 9.17) is 9.47 Å². The molecule has 1 N–H and O–H groups in total. The van der Waals surface area contributed by atoms with Gasteiger partial charge in [-0.25, -0.2) is 0 Å². The minimum Gasteiger partial charge on any atom is -0.490 e. The molecule has 1 heterocycles. The molecule has 1 fully saturated rings. The van der Waals surface area contributed by atoms with Crippen molar-refractivity contribution >= 4 is 15.9 Å². The molecule has 0 amide bonds. The number of benzene rings is 1. The van der Waals surface area contributed by atoms with Crippen LogP contribution < -0.4 is 4.74 Å². The summed E-state index contributed by atoms with van der Waals surface area (Å²) in [5, 5.41) is 9.73. The number of aliphatic hydroxyl groups is 1. The number of piperidine rings is 1. The molecule has 0 bridgehead atoms. The summed E-state index contributed by atoms with van der Waals surface area (Å²) in [5.41, 5.74) is 0. The van der Waals surface area contributed by atoms with Crippen molar-refractivity contribution in [2.75, 3.05) is 33.4 Å². The monoisotopic (exact) mass is 343 g/mol. The SMILES string of the molecule is COC[C@H](O)CN1CCC(Oc2cccc(Br)c2)CC1. The van der Waals surface area contributed by atoms with Crippen molar-refractivity contribution in [3.63, 3.8) is 0 Å². The average Bonchev–Trinajstić information content (AvgIpc) is 2.41. The molecule has 0 saturated carbocycles. The first-order valence-electron chi connectivity index (χ1n) is 6.99. The van der Waals surface area contributed by atoms with Gasteiger partial charge >= 0.3 is 0 Å². The molecule has 1 aromatic carbocycles. The van der Waals surface area contributed by atoms with E-state index in [0.717, 1.165) is 36.2 Å². The fourth-order valence-electron chi connectivity index (χ4n) is 2.49. The number of hydrogen-bond donors (Lipinski definition) is 1. The minimum absolute atomic E-state index is 0.264. The van der Waals surface area contributed by atoms with E-state index in [1.807, 2.05) is 24.3 Å². The van der Waals surface area contributed by atoms with Crippen LogP contribution in [-0.4, -0.2) is 55.6 Å². The molecule has 0 aliphatic carbocycles. The lowest BCUT2D eigenvalue weighted by molar-refractivity contribution is 0.0207. The summed E-state index contributed by atoms with van der Waals surface area (Å²) in [6.45, 7) is 2.99. The molecular weight excluding hydrogens is 322 g/mol. The largest absolute Gasteiger partial charge is 0.490 e. The highest BCUT2D eigenvalue weighted by atomic mass is 79.9. The zero-order valence-electron chi connectivity index (χ0n) is 11.8. The zero-order chi connectivity index (χ0) is 14.4. The van der Waals surface area contributed by atoms with Gasteiger partial charge in [-0.05, 0) is 31.0 Å². The summed E-state index contributed by atoms with van der Waals surface area (Å²) in [5.74, 6) is 0.914. The van der Waals surface area contributed by atoms with Gasteiger partial charge in [-0.15, -0.1) is 0 Å². The molecule has 20 heavy (non-hydrogen) atoms. The molecular formula is C15H22BrNO3. The summed E-state index contributed by atoms with van der Waals surface area (Å²) >= 11 is 3.45. The van der Waals surface area contributed by atoms with Crippen molar-refractivity contribution in [3.05, 3.63) is 28.7 Å². The summed E-state index contributed by atoms with van der Waals surface area (Å²) < 4.78 is 12.0. The highest BCUT2D eigenvalue weighted by molar-refractivity contribution is 9.10. The highest BCUT2D eigenvalue weighted by Crippen LogP contribution is 2.22. The normalized spacial score (nSPS) is 18.9. The predicted molar refractivity (Wildman–Crippen MR) is 82.1 cm³/mol. The summed E-state index contributed by atoms with van der Waals surface area (Å²) in [4.78, 5) is 2.27. The minimum atomic E-state index is -0.400. The molecule has 1 atom stereocenters. The second kappa shape index (κ2) is 7.98. The fourth-order valence-corrected chi connectivity index (χ4v) is 2.86. The maximum Gasteiger partial charge on any atom is 0.120 e. The summed E-state index contributed by atoms with van der Waals surface area (Å²) in [7, 11) is 1.61. The predicted octanol–water partition coefficient (Wildman–Crippen LogP) is 2.30. The van der Waals surface area contributed by atoms with Gasteiger partial charge in [0.15, 0.2) is 0 Å². The van der Waals surface area contributed by atoms with Crippen molar-refractivity contribution in [1.82, 2.24) is 4.90 Å². The standard InChI is InChI=1S/C15H22BrNO3/c1-19-11-13(18)10-17-7-5-14(6-8-17)20-15-4-2-3-12(16)9-15/h2-4,9,13-14,18H,5-8,10-11H2,1H3/t13-/m1/s1. The van der Waals surface area contributed by atoms with Gasteiger partial charge in [0, 0.05) is 31.2 Å². The smallest absolute Gasteiger partial charge is 0.120 e. The van der Waals surface area contributed by atoms with E-state index < -0.39 is 6.10 Å². The van der Waals surface area contributed by atoms with Crippen molar-refractivity contribution in [2.24, 2.45) is 0 Å². The van der Waals surface area contributed by atoms with Crippen LogP contribution in [0, 0.1) is 0 Å². The van der Waals surface area contributed by atoms with E-state index in [2.05, 4.69) is 20.8 Å². The van der Waals surface area contributed by atoms with Gasteiger partial charge in [0.25, 0.3) is 0 Å². The first-order chi connectivity index (χ1) is 9.67. The van der Waals surface area contributed by atoms with Crippen LogP contribution >= 0.6 is 15.9 Å². The lowest BCUT2D eigenvalue weighted by atomic mass is 10.1. The third kappa shape index (κ3) is 5.05. The van der Waals surface area contributed by atoms with Gasteiger partial charge in [-0.3, -0.25) is 0 Å². The fraction of sp³-hybridized carbons (Fsp3) is 0.600. The Kier molecular flexibility index (Phi) is 6.29. The molecule has 2 rings (SSSR count). The van der Waals surface area contributed by atoms with E-state index in [-0.39, 0.29) is 6.10 Å². The second-order valence-electron chi connectivity index (χ2n) is 5.18. The molecule has 1 aliphatic heterocycles. The zero-order valence-corrected chi connectivity index (χ0v) is 13.4. The maximum absolute atomic E-state index is 9.73. The van der Waals surface area contributed by atoms with Crippen LogP contribution in [0.5, 0.6) is 5.75 Å². The van der Waals surface area contributed by atoms with Gasteiger partial charge in [-0.1, -0.05) is 22.0 Å². The molecule has 1 saturated heterocycles. The molecule has 0 aromatic heterocycles. The Morgan fingerprint density at radius 3 is 2.80 bits per heavy atom. The number of halogens is 1. The molecule has 0 radical (unpaired) electrons. The van der Waals surface area contributed by atoms with Crippen LogP contribution in [0.1, 0.15) is 12.8 Å². The van der Waals surface area contributed by atoms with Gasteiger partial charge in [-0.2, -0.15) is 0 Å². The van der Waals surface area contributed by atoms with Gasteiger partial charge < -0.3 is 19.5 Å². The van der Waals surface area contributed by atoms with Crippen LogP contribution in [0.25, 0.3) is 0 Å². The number of methoxy groups -OCH3 is 1. The maximum atomic E-state index is 9.73. The Morgan fingerprint density at radius 1 is 1.40 bits per heavy atom. The molecule has 5 heteroatoms. The van der Waals surface area contributed by atoms with E-state index in [1.54, 1.807) is 7.11 Å². The van der Waals surface area contributed by atoms with Crippen molar-refractivity contribution in [2.45, 2.75) is 25.0 Å². The second-order valence-corrected chi connectivity index (χ2v) is 6.10. The van der Waals surface area contributed by atoms with Gasteiger partial charge in [0.1, 0.15) is 11.9 Å². The number of rotatable bonds is 6. The van der Waals surface area contributed by atoms with Crippen molar-refractivity contribution in [1.29, 1.82) is 0 Å². The quantitative estimate of drug-likeness (QED) is 0.860. The third-order valence-corrected chi connectivity index (χ3v) is 3.95. The number of hydrogen-bond acceptors (Lipinski definition) is 4. The molecule has 1 aromatic rings. The molecule has 0 spiro atoms. The Balaban J connectivity index is 1.74. The van der Waals surface area contributed by atoms with E-state index in [1.165, 1.54) is 0 Å². The first kappa shape index (κ1) is 15.8. The van der Waals surface area contributed by atoms with Crippen LogP contribution in [0.3, 0.4) is 0 Å².